The molecule has 146 valence electrons. The molecule has 0 fully saturated rings. The molecule has 3 rings (SSSR count). The van der Waals surface area contributed by atoms with Gasteiger partial charge in [0, 0.05) is 11.4 Å². The average Bonchev–Trinajstić information content (AvgIpc) is 3.21. The van der Waals surface area contributed by atoms with E-state index in [1.165, 1.54) is 0 Å². The number of benzene rings is 1. The van der Waals surface area contributed by atoms with Crippen molar-refractivity contribution in [1.29, 1.82) is 0 Å². The number of hydrogen-bond acceptors (Lipinski definition) is 6. The highest BCUT2D eigenvalue weighted by Gasteiger charge is 2.11. The summed E-state index contributed by atoms with van der Waals surface area (Å²) in [5.41, 5.74) is -0.803. The summed E-state index contributed by atoms with van der Waals surface area (Å²) in [6.07, 6.45) is 0.576. The quantitative estimate of drug-likeness (QED) is 0.548. The number of nitrogens with zero attached hydrogens (tertiary/aromatic N) is 1. The van der Waals surface area contributed by atoms with E-state index in [9.17, 15) is 19.2 Å². The molecule has 2 N–H and O–H groups in total. The Morgan fingerprint density at radius 1 is 1.11 bits per heavy atom. The zero-order chi connectivity index (χ0) is 19.9. The van der Waals surface area contributed by atoms with Crippen molar-refractivity contribution >= 4 is 34.0 Å². The van der Waals surface area contributed by atoms with Gasteiger partial charge in [-0.05, 0) is 30.0 Å². The highest BCUT2D eigenvalue weighted by molar-refractivity contribution is 7.09. The van der Waals surface area contributed by atoms with Crippen LogP contribution in [0.25, 0.3) is 10.8 Å². The minimum atomic E-state index is -0.630. The first-order valence-electron chi connectivity index (χ1n) is 8.71. The number of aryl methyl sites for hydroxylation is 1. The number of carbonyl (C=O) groups is 2. The van der Waals surface area contributed by atoms with Gasteiger partial charge in [0.2, 0.25) is 0 Å². The van der Waals surface area contributed by atoms with Crippen LogP contribution >= 0.6 is 11.3 Å². The SMILES string of the molecule is O=C(COC(=O)CCn1[nH]c(=O)c2ccccc2c1=O)NCCc1cccs1. The standard InChI is InChI=1S/C19H19N3O5S/c23-16(20-9-7-13-4-3-11-28-13)12-27-17(24)8-10-22-19(26)15-6-2-1-5-14(15)18(25)21-22/h1-6,11H,7-10,12H2,(H,20,23)(H,21,25). The molecule has 2 aromatic heterocycles. The van der Waals surface area contributed by atoms with Crippen LogP contribution in [-0.2, 0) is 27.3 Å². The molecule has 0 aliphatic heterocycles. The Labute approximate surface area is 163 Å². The second-order valence-electron chi connectivity index (χ2n) is 6.03. The van der Waals surface area contributed by atoms with Gasteiger partial charge in [0.25, 0.3) is 17.0 Å². The number of aromatic nitrogens is 2. The van der Waals surface area contributed by atoms with E-state index in [1.54, 1.807) is 35.6 Å². The van der Waals surface area contributed by atoms with Gasteiger partial charge >= 0.3 is 5.97 Å². The van der Waals surface area contributed by atoms with E-state index >= 15 is 0 Å². The van der Waals surface area contributed by atoms with Gasteiger partial charge in [-0.15, -0.1) is 11.3 Å². The third-order valence-electron chi connectivity index (χ3n) is 4.06. The van der Waals surface area contributed by atoms with Gasteiger partial charge in [-0.2, -0.15) is 0 Å². The molecule has 0 saturated carbocycles. The van der Waals surface area contributed by atoms with Gasteiger partial charge < -0.3 is 10.1 Å². The van der Waals surface area contributed by atoms with Gasteiger partial charge in [0.05, 0.1) is 23.7 Å². The van der Waals surface area contributed by atoms with Crippen LogP contribution in [0.2, 0.25) is 0 Å². The largest absolute Gasteiger partial charge is 0.456 e. The Kier molecular flexibility index (Phi) is 6.38. The second-order valence-corrected chi connectivity index (χ2v) is 7.07. The number of fused-ring (bicyclic) bond motifs is 1. The number of amides is 1. The highest BCUT2D eigenvalue weighted by atomic mass is 32.1. The van der Waals surface area contributed by atoms with Crippen molar-refractivity contribution in [2.45, 2.75) is 19.4 Å². The van der Waals surface area contributed by atoms with E-state index in [2.05, 4.69) is 10.4 Å². The maximum atomic E-state index is 12.4. The molecule has 0 saturated heterocycles. The fraction of sp³-hybridized carbons (Fsp3) is 0.263. The van der Waals surface area contributed by atoms with Crippen LogP contribution in [0.3, 0.4) is 0 Å². The summed E-state index contributed by atoms with van der Waals surface area (Å²) < 4.78 is 5.99. The van der Waals surface area contributed by atoms with Crippen molar-refractivity contribution < 1.29 is 14.3 Å². The first kappa shape index (κ1) is 19.6. The number of carbonyl (C=O) groups excluding carboxylic acids is 2. The molecule has 28 heavy (non-hydrogen) atoms. The van der Waals surface area contributed by atoms with Crippen molar-refractivity contribution in [3.8, 4) is 0 Å². The summed E-state index contributed by atoms with van der Waals surface area (Å²) in [5.74, 6) is -1.02. The summed E-state index contributed by atoms with van der Waals surface area (Å²) in [6, 6.07) is 10.4. The van der Waals surface area contributed by atoms with Gasteiger partial charge in [-0.25, -0.2) is 4.68 Å². The summed E-state index contributed by atoms with van der Waals surface area (Å²) in [6.45, 7) is 0.0365. The lowest BCUT2D eigenvalue weighted by atomic mass is 10.2. The van der Waals surface area contributed by atoms with Gasteiger partial charge in [-0.1, -0.05) is 18.2 Å². The summed E-state index contributed by atoms with van der Waals surface area (Å²) in [7, 11) is 0. The minimum absolute atomic E-state index is 0.0439. The lowest BCUT2D eigenvalue weighted by molar-refractivity contribution is -0.148. The second kappa shape index (κ2) is 9.14. The highest BCUT2D eigenvalue weighted by Crippen LogP contribution is 2.08. The third-order valence-corrected chi connectivity index (χ3v) is 5.00. The molecular formula is C19H19N3O5S. The Hall–Kier alpha value is -3.20. The van der Waals surface area contributed by atoms with Gasteiger partial charge in [-0.3, -0.25) is 24.3 Å². The van der Waals surface area contributed by atoms with E-state index in [1.807, 2.05) is 17.5 Å². The van der Waals surface area contributed by atoms with Crippen molar-refractivity contribution in [3.63, 3.8) is 0 Å². The van der Waals surface area contributed by atoms with Crippen LogP contribution in [0.4, 0.5) is 0 Å². The normalized spacial score (nSPS) is 10.7. The van der Waals surface area contributed by atoms with Crippen LogP contribution in [0, 0.1) is 0 Å². The molecule has 0 atom stereocenters. The molecule has 1 aromatic carbocycles. The molecule has 3 aromatic rings. The number of rotatable bonds is 8. The lowest BCUT2D eigenvalue weighted by Gasteiger charge is -2.08. The molecule has 8 nitrogen and oxygen atoms in total. The van der Waals surface area contributed by atoms with E-state index in [0.29, 0.717) is 11.9 Å². The van der Waals surface area contributed by atoms with Gasteiger partial charge in [0.15, 0.2) is 6.61 Å². The molecule has 0 aliphatic carbocycles. The molecule has 1 amide bonds. The first-order chi connectivity index (χ1) is 13.5. The molecule has 9 heteroatoms. The minimum Gasteiger partial charge on any atom is -0.456 e. The third kappa shape index (κ3) is 4.95. The van der Waals surface area contributed by atoms with E-state index < -0.39 is 17.1 Å². The lowest BCUT2D eigenvalue weighted by Crippen LogP contribution is -2.32. The van der Waals surface area contributed by atoms with Crippen LogP contribution in [0.1, 0.15) is 11.3 Å². The number of esters is 1. The number of H-pyrrole nitrogens is 1. The topological polar surface area (TPSA) is 110 Å². The number of ether oxygens (including phenoxy) is 1. The average molecular weight is 401 g/mol. The van der Waals surface area contributed by atoms with Crippen molar-refractivity contribution in [2.24, 2.45) is 0 Å². The number of nitrogens with one attached hydrogen (secondary N) is 2. The molecule has 0 spiro atoms. The van der Waals surface area contributed by atoms with E-state index in [4.69, 9.17) is 4.74 Å². The molecule has 0 aliphatic rings. The van der Waals surface area contributed by atoms with Crippen LogP contribution < -0.4 is 16.4 Å². The molecule has 0 bridgehead atoms. The maximum Gasteiger partial charge on any atom is 0.308 e. The maximum absolute atomic E-state index is 12.4. The van der Waals surface area contributed by atoms with E-state index in [0.717, 1.165) is 16.0 Å². The molecule has 0 radical (unpaired) electrons. The fourth-order valence-electron chi connectivity index (χ4n) is 2.66. The van der Waals surface area contributed by atoms with Crippen LogP contribution in [0.15, 0.2) is 51.4 Å². The van der Waals surface area contributed by atoms with Crippen molar-refractivity contribution in [3.05, 3.63) is 67.4 Å². The van der Waals surface area contributed by atoms with Crippen molar-refractivity contribution in [2.75, 3.05) is 13.2 Å². The van der Waals surface area contributed by atoms with Crippen LogP contribution in [0.5, 0.6) is 0 Å². The number of aromatic amines is 1. The first-order valence-corrected chi connectivity index (χ1v) is 9.59. The smallest absolute Gasteiger partial charge is 0.308 e. The number of thiophene rings is 1. The summed E-state index contributed by atoms with van der Waals surface area (Å²) in [5, 5.41) is 7.66. The summed E-state index contributed by atoms with van der Waals surface area (Å²) in [4.78, 5) is 49.1. The van der Waals surface area contributed by atoms with Gasteiger partial charge in [0.1, 0.15) is 0 Å². The van der Waals surface area contributed by atoms with E-state index in [-0.39, 0.29) is 30.9 Å². The molecule has 2 heterocycles. The molecular weight excluding hydrogens is 382 g/mol. The van der Waals surface area contributed by atoms with Crippen LogP contribution in [-0.4, -0.2) is 34.8 Å². The van der Waals surface area contributed by atoms with Crippen molar-refractivity contribution in [1.82, 2.24) is 15.1 Å². The number of hydrogen-bond donors (Lipinski definition) is 2. The predicted molar refractivity (Wildman–Crippen MR) is 105 cm³/mol. The predicted octanol–water partition coefficient (Wildman–Crippen LogP) is 1.04. The Morgan fingerprint density at radius 3 is 2.64 bits per heavy atom. The Balaban J connectivity index is 1.46. The zero-order valence-corrected chi connectivity index (χ0v) is 15.8. The summed E-state index contributed by atoms with van der Waals surface area (Å²) >= 11 is 1.61. The monoisotopic (exact) mass is 401 g/mol. The zero-order valence-electron chi connectivity index (χ0n) is 15.0. The Morgan fingerprint density at radius 2 is 1.89 bits per heavy atom. The molecule has 0 unspecified atom stereocenters. The fourth-order valence-corrected chi connectivity index (χ4v) is 3.37. The Bertz CT molecular complexity index is 1080.